The predicted octanol–water partition coefficient (Wildman–Crippen LogP) is 0.505. The Hall–Kier alpha value is -2.51. The van der Waals surface area contributed by atoms with Crippen LogP contribution in [0.1, 0.15) is 30.8 Å². The molecule has 1 rings (SSSR count). The van der Waals surface area contributed by atoms with Crippen LogP contribution in [0.3, 0.4) is 0 Å². The Kier molecular flexibility index (Phi) is 6.79. The lowest BCUT2D eigenvalue weighted by Gasteiger charge is -2.08. The topological polar surface area (TPSA) is 110 Å². The maximum Gasteiger partial charge on any atom is 0.359 e. The van der Waals surface area contributed by atoms with E-state index in [0.29, 0.717) is 12.5 Å². The molecule has 0 fully saturated rings. The standard InChI is InChI=1S/C13H18N4O4/c1-9(2)3-4-16-13(20)17-11(18)8-21-12(19)10-7-14-5-6-15-10/h5-7,9H,3-4,8H2,1-2H3,(H2,16,17,18,20). The summed E-state index contributed by atoms with van der Waals surface area (Å²) in [6, 6.07) is -0.615. The summed E-state index contributed by atoms with van der Waals surface area (Å²) in [5.41, 5.74) is -0.00770. The second kappa shape index (κ2) is 8.62. The van der Waals surface area contributed by atoms with Crippen molar-refractivity contribution < 1.29 is 19.1 Å². The molecule has 0 aliphatic rings. The SMILES string of the molecule is CC(C)CCNC(=O)NC(=O)COC(=O)c1cnccn1. The number of carbonyl (C=O) groups excluding carboxylic acids is 3. The van der Waals surface area contributed by atoms with E-state index in [1.165, 1.54) is 18.6 Å². The van der Waals surface area contributed by atoms with Gasteiger partial charge < -0.3 is 10.1 Å². The van der Waals surface area contributed by atoms with Crippen molar-refractivity contribution in [2.45, 2.75) is 20.3 Å². The highest BCUT2D eigenvalue weighted by Gasteiger charge is 2.13. The summed E-state index contributed by atoms with van der Waals surface area (Å²) in [6.45, 7) is 3.95. The van der Waals surface area contributed by atoms with Crippen LogP contribution >= 0.6 is 0 Å². The number of aromatic nitrogens is 2. The van der Waals surface area contributed by atoms with E-state index in [0.717, 1.165) is 6.42 Å². The zero-order chi connectivity index (χ0) is 15.7. The van der Waals surface area contributed by atoms with Gasteiger partial charge in [0, 0.05) is 18.9 Å². The molecular formula is C13H18N4O4. The number of rotatable bonds is 6. The van der Waals surface area contributed by atoms with Gasteiger partial charge in [-0.2, -0.15) is 0 Å². The summed E-state index contributed by atoms with van der Waals surface area (Å²) in [5, 5.41) is 4.59. The van der Waals surface area contributed by atoms with Crippen LogP contribution in [0.15, 0.2) is 18.6 Å². The number of esters is 1. The monoisotopic (exact) mass is 294 g/mol. The van der Waals surface area contributed by atoms with Crippen molar-refractivity contribution in [1.29, 1.82) is 0 Å². The van der Waals surface area contributed by atoms with E-state index >= 15 is 0 Å². The third-order valence-electron chi connectivity index (χ3n) is 2.37. The van der Waals surface area contributed by atoms with E-state index in [4.69, 9.17) is 4.74 Å². The Labute approximate surface area is 122 Å². The lowest BCUT2D eigenvalue weighted by molar-refractivity contribution is -0.123. The summed E-state index contributed by atoms with van der Waals surface area (Å²) in [6.07, 6.45) is 4.77. The van der Waals surface area contributed by atoms with Crippen LogP contribution in [0.25, 0.3) is 0 Å². The summed E-state index contributed by atoms with van der Waals surface area (Å²) >= 11 is 0. The Morgan fingerprint density at radius 1 is 1.29 bits per heavy atom. The van der Waals surface area contributed by atoms with Gasteiger partial charge in [-0.15, -0.1) is 0 Å². The van der Waals surface area contributed by atoms with Gasteiger partial charge in [0.1, 0.15) is 0 Å². The number of amides is 3. The third kappa shape index (κ3) is 7.00. The third-order valence-corrected chi connectivity index (χ3v) is 2.37. The fraction of sp³-hybridized carbons (Fsp3) is 0.462. The zero-order valence-corrected chi connectivity index (χ0v) is 12.0. The highest BCUT2D eigenvalue weighted by molar-refractivity contribution is 5.96. The molecule has 0 saturated carbocycles. The first-order chi connectivity index (χ1) is 9.99. The normalized spacial score (nSPS) is 10.0. The fourth-order valence-electron chi connectivity index (χ4n) is 1.29. The van der Waals surface area contributed by atoms with Gasteiger partial charge in [0.2, 0.25) is 0 Å². The largest absolute Gasteiger partial charge is 0.451 e. The summed E-state index contributed by atoms with van der Waals surface area (Å²) < 4.78 is 4.70. The van der Waals surface area contributed by atoms with E-state index in [1.54, 1.807) is 0 Å². The quantitative estimate of drug-likeness (QED) is 0.739. The van der Waals surface area contributed by atoms with E-state index in [2.05, 4.69) is 20.6 Å². The van der Waals surface area contributed by atoms with Crippen molar-refractivity contribution >= 4 is 17.9 Å². The van der Waals surface area contributed by atoms with Crippen LogP contribution in [0.2, 0.25) is 0 Å². The Morgan fingerprint density at radius 3 is 2.67 bits per heavy atom. The summed E-state index contributed by atoms with van der Waals surface area (Å²) in [4.78, 5) is 41.6. The van der Waals surface area contributed by atoms with Gasteiger partial charge in [0.25, 0.3) is 5.91 Å². The van der Waals surface area contributed by atoms with Gasteiger partial charge in [0.15, 0.2) is 12.3 Å². The van der Waals surface area contributed by atoms with Crippen molar-refractivity contribution in [2.75, 3.05) is 13.2 Å². The first-order valence-corrected chi connectivity index (χ1v) is 6.50. The van der Waals surface area contributed by atoms with Crippen LogP contribution in [0, 0.1) is 5.92 Å². The molecule has 0 unspecified atom stereocenters. The number of carbonyl (C=O) groups is 3. The smallest absolute Gasteiger partial charge is 0.359 e. The molecule has 1 aromatic heterocycles. The van der Waals surface area contributed by atoms with Crippen molar-refractivity contribution in [2.24, 2.45) is 5.92 Å². The highest BCUT2D eigenvalue weighted by Crippen LogP contribution is 1.96. The molecule has 3 amide bonds. The van der Waals surface area contributed by atoms with Gasteiger partial charge in [-0.3, -0.25) is 15.1 Å². The molecule has 2 N–H and O–H groups in total. The van der Waals surface area contributed by atoms with Gasteiger partial charge >= 0.3 is 12.0 Å². The van der Waals surface area contributed by atoms with Crippen molar-refractivity contribution in [3.8, 4) is 0 Å². The number of hydrogen-bond donors (Lipinski definition) is 2. The number of urea groups is 1. The number of hydrogen-bond acceptors (Lipinski definition) is 6. The molecule has 114 valence electrons. The highest BCUT2D eigenvalue weighted by atomic mass is 16.5. The molecule has 0 bridgehead atoms. The summed E-state index contributed by atoms with van der Waals surface area (Å²) in [5.74, 6) is -1.04. The number of nitrogens with one attached hydrogen (secondary N) is 2. The second-order valence-electron chi connectivity index (χ2n) is 4.65. The maximum absolute atomic E-state index is 11.5. The molecule has 0 aliphatic heterocycles. The van der Waals surface area contributed by atoms with Crippen molar-refractivity contribution in [3.63, 3.8) is 0 Å². The molecule has 21 heavy (non-hydrogen) atoms. The minimum absolute atomic E-state index is 0.00770. The predicted molar refractivity (Wildman–Crippen MR) is 73.3 cm³/mol. The Balaban J connectivity index is 2.25. The molecule has 8 nitrogen and oxygen atoms in total. The fourth-order valence-corrected chi connectivity index (χ4v) is 1.29. The minimum Gasteiger partial charge on any atom is -0.451 e. The number of imide groups is 1. The molecule has 0 spiro atoms. The molecule has 0 saturated heterocycles. The van der Waals surface area contributed by atoms with Crippen LogP contribution < -0.4 is 10.6 Å². The Morgan fingerprint density at radius 2 is 2.05 bits per heavy atom. The average Bonchev–Trinajstić information content (AvgIpc) is 2.45. The molecule has 0 atom stereocenters. The van der Waals surface area contributed by atoms with Crippen molar-refractivity contribution in [3.05, 3.63) is 24.3 Å². The molecule has 0 aliphatic carbocycles. The van der Waals surface area contributed by atoms with Crippen LogP contribution in [0.4, 0.5) is 4.79 Å². The number of ether oxygens (including phenoxy) is 1. The zero-order valence-electron chi connectivity index (χ0n) is 12.0. The van der Waals surface area contributed by atoms with Crippen LogP contribution in [-0.4, -0.2) is 41.0 Å². The molecule has 1 heterocycles. The second-order valence-corrected chi connectivity index (χ2v) is 4.65. The first-order valence-electron chi connectivity index (χ1n) is 6.50. The van der Waals surface area contributed by atoms with E-state index < -0.39 is 24.5 Å². The maximum atomic E-state index is 11.5. The van der Waals surface area contributed by atoms with E-state index in [1.807, 2.05) is 13.8 Å². The molecular weight excluding hydrogens is 276 g/mol. The molecule has 0 aromatic carbocycles. The molecule has 8 heteroatoms. The summed E-state index contributed by atoms with van der Waals surface area (Å²) in [7, 11) is 0. The lowest BCUT2D eigenvalue weighted by atomic mass is 10.1. The first kappa shape index (κ1) is 16.5. The van der Waals surface area contributed by atoms with Crippen LogP contribution in [0.5, 0.6) is 0 Å². The average molecular weight is 294 g/mol. The van der Waals surface area contributed by atoms with Gasteiger partial charge in [0.05, 0.1) is 6.20 Å². The van der Waals surface area contributed by atoms with Gasteiger partial charge in [-0.25, -0.2) is 14.6 Å². The van der Waals surface area contributed by atoms with Gasteiger partial charge in [-0.05, 0) is 12.3 Å². The molecule has 0 radical (unpaired) electrons. The van der Waals surface area contributed by atoms with E-state index in [9.17, 15) is 14.4 Å². The molecule has 1 aromatic rings. The van der Waals surface area contributed by atoms with Gasteiger partial charge in [-0.1, -0.05) is 13.8 Å². The van der Waals surface area contributed by atoms with Crippen LogP contribution in [-0.2, 0) is 9.53 Å². The van der Waals surface area contributed by atoms with E-state index in [-0.39, 0.29) is 5.69 Å². The Bertz CT molecular complexity index is 490. The minimum atomic E-state index is -0.779. The van der Waals surface area contributed by atoms with Crippen molar-refractivity contribution in [1.82, 2.24) is 20.6 Å². The lowest BCUT2D eigenvalue weighted by Crippen LogP contribution is -2.42. The number of nitrogens with zero attached hydrogens (tertiary/aromatic N) is 2.